The van der Waals surface area contributed by atoms with Crippen molar-refractivity contribution in [3.8, 4) is 6.07 Å². The second-order valence-corrected chi connectivity index (χ2v) is 5.58. The number of carbonyl (C=O) groups excluding carboxylic acids is 2. The van der Waals surface area contributed by atoms with Crippen LogP contribution in [0.3, 0.4) is 0 Å². The summed E-state index contributed by atoms with van der Waals surface area (Å²) in [5.74, 6) is -0.423. The van der Waals surface area contributed by atoms with Crippen molar-refractivity contribution in [2.24, 2.45) is 5.10 Å². The fourth-order valence-electron chi connectivity index (χ4n) is 2.47. The number of nitrogens with zero attached hydrogens (tertiary/aromatic N) is 3. The largest absolute Gasteiger partial charge is 0.347 e. The summed E-state index contributed by atoms with van der Waals surface area (Å²) in [5.41, 5.74) is 2.44. The van der Waals surface area contributed by atoms with Gasteiger partial charge >= 0.3 is 0 Å². The first-order valence-corrected chi connectivity index (χ1v) is 7.90. The Hall–Kier alpha value is -3.46. The number of rotatable bonds is 4. The van der Waals surface area contributed by atoms with E-state index in [0.717, 1.165) is 5.56 Å². The standard InChI is InChI=1S/C19H16N4O2/c20-12-14-6-8-15(9-7-14)13-21-19(25)17-10-11-18(24)23(22-17)16-4-2-1-3-5-16/h1-9H,10-11,13H2,(H,21,25). The molecule has 3 rings (SSSR count). The van der Waals surface area contributed by atoms with Crippen LogP contribution in [0.2, 0.25) is 0 Å². The highest BCUT2D eigenvalue weighted by Crippen LogP contribution is 2.19. The third-order valence-electron chi connectivity index (χ3n) is 3.83. The number of nitriles is 1. The molecule has 25 heavy (non-hydrogen) atoms. The van der Waals surface area contributed by atoms with Crippen molar-refractivity contribution in [1.82, 2.24) is 5.32 Å². The van der Waals surface area contributed by atoms with Crippen LogP contribution in [0, 0.1) is 11.3 Å². The topological polar surface area (TPSA) is 85.6 Å². The van der Waals surface area contributed by atoms with Crippen LogP contribution >= 0.6 is 0 Å². The van der Waals surface area contributed by atoms with Crippen LogP contribution in [0.15, 0.2) is 59.7 Å². The number of hydrogen-bond acceptors (Lipinski definition) is 4. The van der Waals surface area contributed by atoms with Gasteiger partial charge in [-0.25, -0.2) is 5.01 Å². The van der Waals surface area contributed by atoms with Gasteiger partial charge in [0.2, 0.25) is 5.91 Å². The molecule has 6 heteroatoms. The minimum atomic E-state index is -0.294. The molecule has 0 saturated carbocycles. The van der Waals surface area contributed by atoms with E-state index in [1.54, 1.807) is 36.4 Å². The van der Waals surface area contributed by atoms with Gasteiger partial charge in [-0.2, -0.15) is 10.4 Å². The number of anilines is 1. The zero-order chi connectivity index (χ0) is 17.6. The van der Waals surface area contributed by atoms with Crippen molar-refractivity contribution in [3.63, 3.8) is 0 Å². The fourth-order valence-corrected chi connectivity index (χ4v) is 2.47. The van der Waals surface area contributed by atoms with Gasteiger partial charge in [-0.1, -0.05) is 30.3 Å². The molecule has 1 N–H and O–H groups in total. The quantitative estimate of drug-likeness (QED) is 0.932. The fraction of sp³-hybridized carbons (Fsp3) is 0.158. The number of benzene rings is 2. The summed E-state index contributed by atoms with van der Waals surface area (Å²) < 4.78 is 0. The molecular formula is C19H16N4O2. The summed E-state index contributed by atoms with van der Waals surface area (Å²) in [4.78, 5) is 24.4. The number of amides is 2. The number of nitrogens with one attached hydrogen (secondary N) is 1. The highest BCUT2D eigenvalue weighted by molar-refractivity contribution is 6.40. The van der Waals surface area contributed by atoms with Crippen LogP contribution in [0.4, 0.5) is 5.69 Å². The lowest BCUT2D eigenvalue weighted by molar-refractivity contribution is -0.119. The maximum absolute atomic E-state index is 12.3. The summed E-state index contributed by atoms with van der Waals surface area (Å²) >= 11 is 0. The lowest BCUT2D eigenvalue weighted by atomic mass is 10.1. The molecule has 2 aromatic rings. The van der Waals surface area contributed by atoms with Crippen molar-refractivity contribution in [1.29, 1.82) is 5.26 Å². The zero-order valence-electron chi connectivity index (χ0n) is 13.5. The number of para-hydroxylation sites is 1. The lowest BCUT2D eigenvalue weighted by Crippen LogP contribution is -2.38. The Morgan fingerprint density at radius 3 is 2.52 bits per heavy atom. The molecule has 1 aliphatic heterocycles. The van der Waals surface area contributed by atoms with Gasteiger partial charge in [-0.15, -0.1) is 0 Å². The van der Waals surface area contributed by atoms with E-state index < -0.39 is 0 Å². The van der Waals surface area contributed by atoms with Crippen LogP contribution in [-0.2, 0) is 16.1 Å². The van der Waals surface area contributed by atoms with Crippen LogP contribution in [0.25, 0.3) is 0 Å². The third-order valence-corrected chi connectivity index (χ3v) is 3.83. The first-order valence-electron chi connectivity index (χ1n) is 7.90. The van der Waals surface area contributed by atoms with Crippen molar-refractivity contribution < 1.29 is 9.59 Å². The van der Waals surface area contributed by atoms with Crippen LogP contribution < -0.4 is 10.3 Å². The summed E-state index contributed by atoms with van der Waals surface area (Å²) in [6.07, 6.45) is 0.569. The van der Waals surface area contributed by atoms with Gasteiger partial charge < -0.3 is 5.32 Å². The lowest BCUT2D eigenvalue weighted by Gasteiger charge is -2.23. The van der Waals surface area contributed by atoms with Gasteiger partial charge in [0, 0.05) is 19.4 Å². The van der Waals surface area contributed by atoms with Crippen molar-refractivity contribution in [2.45, 2.75) is 19.4 Å². The molecule has 0 bridgehead atoms. The minimum Gasteiger partial charge on any atom is -0.347 e. The van der Waals surface area contributed by atoms with E-state index in [2.05, 4.69) is 16.5 Å². The normalized spacial score (nSPS) is 13.8. The monoisotopic (exact) mass is 332 g/mol. The van der Waals surface area contributed by atoms with E-state index in [1.807, 2.05) is 18.2 Å². The van der Waals surface area contributed by atoms with Crippen molar-refractivity contribution in [3.05, 3.63) is 65.7 Å². The molecule has 124 valence electrons. The summed E-state index contributed by atoms with van der Waals surface area (Å²) in [6, 6.07) is 18.1. The molecule has 0 fully saturated rings. The molecule has 0 saturated heterocycles. The van der Waals surface area contributed by atoms with E-state index >= 15 is 0 Å². The predicted octanol–water partition coefficient (Wildman–Crippen LogP) is 2.36. The van der Waals surface area contributed by atoms with Crippen LogP contribution in [-0.4, -0.2) is 17.5 Å². The maximum Gasteiger partial charge on any atom is 0.267 e. The average molecular weight is 332 g/mol. The van der Waals surface area contributed by atoms with Gasteiger partial charge in [0.25, 0.3) is 5.91 Å². The summed E-state index contributed by atoms with van der Waals surface area (Å²) in [5, 5.41) is 17.1. The van der Waals surface area contributed by atoms with E-state index in [9.17, 15) is 9.59 Å². The molecule has 1 heterocycles. The molecular weight excluding hydrogens is 316 g/mol. The molecule has 2 amide bonds. The molecule has 6 nitrogen and oxygen atoms in total. The summed E-state index contributed by atoms with van der Waals surface area (Å²) in [7, 11) is 0. The van der Waals surface area contributed by atoms with Crippen molar-refractivity contribution >= 4 is 23.2 Å². The average Bonchev–Trinajstić information content (AvgIpc) is 2.67. The Balaban J connectivity index is 1.68. The Morgan fingerprint density at radius 2 is 1.84 bits per heavy atom. The van der Waals surface area contributed by atoms with E-state index in [0.29, 0.717) is 29.9 Å². The molecule has 0 spiro atoms. The number of hydrazone groups is 1. The van der Waals surface area contributed by atoms with E-state index in [4.69, 9.17) is 5.26 Å². The molecule has 0 aliphatic carbocycles. The van der Waals surface area contributed by atoms with Crippen LogP contribution in [0.1, 0.15) is 24.0 Å². The molecule has 1 aliphatic rings. The first kappa shape index (κ1) is 16.4. The van der Waals surface area contributed by atoms with Crippen molar-refractivity contribution in [2.75, 3.05) is 5.01 Å². The van der Waals surface area contributed by atoms with Gasteiger partial charge in [-0.3, -0.25) is 9.59 Å². The molecule has 0 unspecified atom stereocenters. The predicted molar refractivity (Wildman–Crippen MR) is 93.6 cm³/mol. The SMILES string of the molecule is N#Cc1ccc(CNC(=O)C2=NN(c3ccccc3)C(=O)CC2)cc1. The number of hydrogen-bond donors (Lipinski definition) is 1. The molecule has 0 atom stereocenters. The Bertz CT molecular complexity index is 851. The zero-order valence-corrected chi connectivity index (χ0v) is 13.5. The van der Waals surface area contributed by atoms with Gasteiger partial charge in [0.15, 0.2) is 0 Å². The molecule has 2 aromatic carbocycles. The maximum atomic E-state index is 12.3. The Labute approximate surface area is 145 Å². The minimum absolute atomic E-state index is 0.130. The highest BCUT2D eigenvalue weighted by Gasteiger charge is 2.25. The third kappa shape index (κ3) is 3.90. The second kappa shape index (κ2) is 7.41. The van der Waals surface area contributed by atoms with E-state index in [1.165, 1.54) is 5.01 Å². The Kier molecular flexibility index (Phi) is 4.86. The van der Waals surface area contributed by atoms with Gasteiger partial charge in [0.05, 0.1) is 17.3 Å². The van der Waals surface area contributed by atoms with Gasteiger partial charge in [-0.05, 0) is 29.8 Å². The number of carbonyl (C=O) groups is 2. The smallest absolute Gasteiger partial charge is 0.267 e. The van der Waals surface area contributed by atoms with Crippen LogP contribution in [0.5, 0.6) is 0 Å². The van der Waals surface area contributed by atoms with Gasteiger partial charge in [0.1, 0.15) is 5.71 Å². The Morgan fingerprint density at radius 1 is 1.12 bits per heavy atom. The summed E-state index contributed by atoms with van der Waals surface area (Å²) in [6.45, 7) is 0.336. The molecule has 0 aromatic heterocycles. The highest BCUT2D eigenvalue weighted by atomic mass is 16.2. The first-order chi connectivity index (χ1) is 12.2. The molecule has 0 radical (unpaired) electrons. The van der Waals surface area contributed by atoms with E-state index in [-0.39, 0.29) is 18.2 Å². The second-order valence-electron chi connectivity index (χ2n) is 5.58.